The molecule has 6 nitrogen and oxygen atoms in total. The van der Waals surface area contributed by atoms with Crippen LogP contribution in [0.25, 0.3) is 0 Å². The molecule has 0 aliphatic carbocycles. The molecule has 0 saturated heterocycles. The Morgan fingerprint density at radius 3 is 2.75 bits per heavy atom. The highest BCUT2D eigenvalue weighted by Crippen LogP contribution is 1.99. The van der Waals surface area contributed by atoms with Crippen molar-refractivity contribution in [1.82, 2.24) is 5.27 Å². The number of hydrogen-bond acceptors (Lipinski definition) is 4. The molecule has 0 spiro atoms. The van der Waals surface area contributed by atoms with E-state index in [0.717, 1.165) is 0 Å². The Kier molecular flexibility index (Phi) is 4.26. The summed E-state index contributed by atoms with van der Waals surface area (Å²) in [6.45, 7) is 9.89. The van der Waals surface area contributed by atoms with Gasteiger partial charge in [-0.25, -0.2) is 0 Å². The molecule has 0 radical (unpaired) electrons. The Hall–Kier alpha value is -2.11. The summed E-state index contributed by atoms with van der Waals surface area (Å²) in [5.41, 5.74) is 0. The van der Waals surface area contributed by atoms with Crippen molar-refractivity contribution < 1.29 is 14.1 Å². The molecule has 0 aliphatic heterocycles. The molecule has 1 aromatic rings. The Balaban J connectivity index is 2.76. The Morgan fingerprint density at radius 1 is 1.62 bits per heavy atom. The quantitative estimate of drug-likeness (QED) is 0.554. The summed E-state index contributed by atoms with van der Waals surface area (Å²) >= 11 is 0. The first-order chi connectivity index (χ1) is 7.67. The number of aromatic nitrogens is 2. The van der Waals surface area contributed by atoms with E-state index < -0.39 is 0 Å². The summed E-state index contributed by atoms with van der Waals surface area (Å²) in [5.74, 6) is 0.0907. The highest BCUT2D eigenvalue weighted by Gasteiger charge is 2.18. The number of rotatable bonds is 6. The predicted octanol–water partition coefficient (Wildman–Crippen LogP) is 0.230. The van der Waals surface area contributed by atoms with Crippen molar-refractivity contribution in [3.8, 4) is 0 Å². The highest BCUT2D eigenvalue weighted by atomic mass is 16.5. The van der Waals surface area contributed by atoms with Gasteiger partial charge in [-0.15, -0.1) is 18.2 Å². The summed E-state index contributed by atoms with van der Waals surface area (Å²) in [4.78, 5) is 12.3. The summed E-state index contributed by atoms with van der Waals surface area (Å²) in [6.07, 6.45) is 5.06. The van der Waals surface area contributed by atoms with E-state index in [-0.39, 0.29) is 5.91 Å². The van der Waals surface area contributed by atoms with Crippen LogP contribution in [0, 0.1) is 0 Å². The zero-order valence-electron chi connectivity index (χ0n) is 9.22. The van der Waals surface area contributed by atoms with Crippen LogP contribution in [0.3, 0.4) is 0 Å². The maximum atomic E-state index is 10.8. The zero-order valence-corrected chi connectivity index (χ0v) is 9.22. The minimum atomic E-state index is -0.206. The van der Waals surface area contributed by atoms with Crippen molar-refractivity contribution in [2.75, 3.05) is 23.4 Å². The Bertz CT molecular complexity index is 376. The van der Waals surface area contributed by atoms with Gasteiger partial charge in [0.1, 0.15) is 0 Å². The fourth-order valence-electron chi connectivity index (χ4n) is 1.14. The molecule has 1 amide bonds. The molecule has 86 valence electrons. The fourth-order valence-corrected chi connectivity index (χ4v) is 1.14. The van der Waals surface area contributed by atoms with Crippen molar-refractivity contribution in [3.05, 3.63) is 31.5 Å². The lowest BCUT2D eigenvalue weighted by Crippen LogP contribution is -2.58. The van der Waals surface area contributed by atoms with Gasteiger partial charge in [-0.3, -0.25) is 14.6 Å². The van der Waals surface area contributed by atoms with Gasteiger partial charge < -0.3 is 0 Å². The summed E-state index contributed by atoms with van der Waals surface area (Å²) in [5, 5.41) is 8.09. The van der Waals surface area contributed by atoms with Crippen LogP contribution >= 0.6 is 0 Å². The first kappa shape index (κ1) is 12.0. The van der Waals surface area contributed by atoms with Crippen LogP contribution in [0.4, 0.5) is 5.88 Å². The molecule has 0 aromatic carbocycles. The SMILES string of the molecule is C=CCN(CC=C)[n+]1cc(NC(C)=O)on1. The van der Waals surface area contributed by atoms with Gasteiger partial charge in [0.05, 0.1) is 17.9 Å². The summed E-state index contributed by atoms with van der Waals surface area (Å²) in [7, 11) is 0. The highest BCUT2D eigenvalue weighted by molar-refractivity contribution is 5.86. The number of hydrogen-bond donors (Lipinski definition) is 1. The number of amides is 1. The van der Waals surface area contributed by atoms with Gasteiger partial charge in [-0.05, 0) is 0 Å². The van der Waals surface area contributed by atoms with E-state index >= 15 is 0 Å². The summed E-state index contributed by atoms with van der Waals surface area (Å²) < 4.78 is 4.92. The molecule has 1 N–H and O–H groups in total. The Morgan fingerprint density at radius 2 is 2.25 bits per heavy atom. The minimum Gasteiger partial charge on any atom is -0.289 e. The van der Waals surface area contributed by atoms with E-state index in [1.54, 1.807) is 18.3 Å². The standard InChI is InChI=1S/C10H14N4O2/c1-4-6-13(7-5-2)14-8-10(16-12-14)11-9(3)15/h4-5,8H,1-2,6-7H2,3H3/p+1. The number of carbonyl (C=O) groups is 1. The van der Waals surface area contributed by atoms with Gasteiger partial charge in [-0.2, -0.15) is 0 Å². The lowest BCUT2D eigenvalue weighted by Gasteiger charge is -2.07. The molecule has 0 bridgehead atoms. The Labute approximate surface area is 93.8 Å². The average Bonchev–Trinajstić information content (AvgIpc) is 2.65. The monoisotopic (exact) mass is 223 g/mol. The number of carbonyl (C=O) groups excluding carboxylic acids is 1. The number of nitrogens with one attached hydrogen (secondary N) is 1. The van der Waals surface area contributed by atoms with E-state index in [2.05, 4.69) is 23.7 Å². The average molecular weight is 223 g/mol. The molecule has 0 unspecified atom stereocenters. The van der Waals surface area contributed by atoms with E-state index in [0.29, 0.717) is 19.0 Å². The smallest absolute Gasteiger partial charge is 0.289 e. The van der Waals surface area contributed by atoms with Gasteiger partial charge in [-0.1, -0.05) is 12.2 Å². The van der Waals surface area contributed by atoms with E-state index in [1.165, 1.54) is 11.7 Å². The van der Waals surface area contributed by atoms with Crippen LogP contribution in [0.1, 0.15) is 6.92 Å². The topological polar surface area (TPSA) is 62.2 Å². The molecule has 0 saturated carbocycles. The maximum absolute atomic E-state index is 10.8. The van der Waals surface area contributed by atoms with E-state index in [4.69, 9.17) is 4.52 Å². The minimum absolute atomic E-state index is 0.206. The van der Waals surface area contributed by atoms with Gasteiger partial charge in [0.25, 0.3) is 6.20 Å². The summed E-state index contributed by atoms with van der Waals surface area (Å²) in [6, 6.07) is 0. The van der Waals surface area contributed by atoms with Crippen LogP contribution in [0.2, 0.25) is 0 Å². The molecule has 1 heterocycles. The van der Waals surface area contributed by atoms with Crippen LogP contribution < -0.4 is 15.1 Å². The predicted molar refractivity (Wildman–Crippen MR) is 59.3 cm³/mol. The van der Waals surface area contributed by atoms with Gasteiger partial charge in [0, 0.05) is 6.92 Å². The van der Waals surface area contributed by atoms with Gasteiger partial charge in [0.15, 0.2) is 0 Å². The maximum Gasteiger partial charge on any atom is 0.305 e. The second-order valence-corrected chi connectivity index (χ2v) is 3.12. The number of nitrogens with zero attached hydrogens (tertiary/aromatic N) is 3. The van der Waals surface area contributed by atoms with Crippen molar-refractivity contribution in [1.29, 1.82) is 0 Å². The van der Waals surface area contributed by atoms with E-state index in [9.17, 15) is 4.79 Å². The van der Waals surface area contributed by atoms with Crippen LogP contribution in [0.15, 0.2) is 36.0 Å². The van der Waals surface area contributed by atoms with Crippen molar-refractivity contribution in [2.45, 2.75) is 6.92 Å². The molecule has 16 heavy (non-hydrogen) atoms. The molecule has 0 atom stereocenters. The molecule has 0 fully saturated rings. The zero-order chi connectivity index (χ0) is 12.0. The second kappa shape index (κ2) is 5.69. The second-order valence-electron chi connectivity index (χ2n) is 3.12. The van der Waals surface area contributed by atoms with Gasteiger partial charge in [0.2, 0.25) is 11.2 Å². The fraction of sp³-hybridized carbons (Fsp3) is 0.300. The van der Waals surface area contributed by atoms with E-state index in [1.807, 2.05) is 5.01 Å². The molecule has 6 heteroatoms. The molecular formula is C10H15N4O2+. The third kappa shape index (κ3) is 3.23. The van der Waals surface area contributed by atoms with Crippen molar-refractivity contribution in [3.63, 3.8) is 0 Å². The largest absolute Gasteiger partial charge is 0.305 e. The van der Waals surface area contributed by atoms with Crippen molar-refractivity contribution >= 4 is 11.8 Å². The van der Waals surface area contributed by atoms with Crippen LogP contribution in [0.5, 0.6) is 0 Å². The third-order valence-electron chi connectivity index (χ3n) is 1.72. The van der Waals surface area contributed by atoms with Crippen LogP contribution in [-0.4, -0.2) is 24.3 Å². The van der Waals surface area contributed by atoms with Gasteiger partial charge >= 0.3 is 5.88 Å². The molecule has 1 rings (SSSR count). The first-order valence-corrected chi connectivity index (χ1v) is 4.80. The van der Waals surface area contributed by atoms with Crippen LogP contribution in [-0.2, 0) is 4.79 Å². The molecular weight excluding hydrogens is 208 g/mol. The first-order valence-electron chi connectivity index (χ1n) is 4.80. The molecule has 0 aliphatic rings. The normalized spacial score (nSPS) is 9.56. The molecule has 1 aromatic heterocycles. The third-order valence-corrected chi connectivity index (χ3v) is 1.72. The lowest BCUT2D eigenvalue weighted by atomic mass is 10.5. The van der Waals surface area contributed by atoms with Crippen molar-refractivity contribution in [2.24, 2.45) is 0 Å². The lowest BCUT2D eigenvalue weighted by molar-refractivity contribution is -0.756. The number of anilines is 1.